The second kappa shape index (κ2) is 5.56. The van der Waals surface area contributed by atoms with Gasteiger partial charge in [0.1, 0.15) is 0 Å². The van der Waals surface area contributed by atoms with Gasteiger partial charge in [0.2, 0.25) is 0 Å². The van der Waals surface area contributed by atoms with Gasteiger partial charge in [-0.25, -0.2) is 0 Å². The number of hydrogen-bond donors (Lipinski definition) is 0. The molecule has 0 saturated carbocycles. The molecule has 0 rings (SSSR count). The summed E-state index contributed by atoms with van der Waals surface area (Å²) in [5, 5.41) is 8.90. The third-order valence-corrected chi connectivity index (χ3v) is 0.189. The zero-order chi connectivity index (χ0) is 4.28. The van der Waals surface area contributed by atoms with Crippen molar-refractivity contribution in [2.24, 2.45) is 0 Å². The Morgan fingerprint density at radius 2 is 2.00 bits per heavy atom. The van der Waals surface area contributed by atoms with Crippen LogP contribution in [0.15, 0.2) is 0 Å². The van der Waals surface area contributed by atoms with Crippen molar-refractivity contribution in [2.45, 2.75) is 0 Å². The van der Waals surface area contributed by atoms with Gasteiger partial charge in [0.05, 0.1) is 0 Å². The molecule has 0 unspecified atom stereocenters. The second-order valence-corrected chi connectivity index (χ2v) is 0.481. The van der Waals surface area contributed by atoms with E-state index in [9.17, 15) is 0 Å². The van der Waals surface area contributed by atoms with Gasteiger partial charge in [-0.1, -0.05) is 0 Å². The van der Waals surface area contributed by atoms with E-state index in [2.05, 4.69) is 16.2 Å². The van der Waals surface area contributed by atoms with E-state index in [4.69, 9.17) is 9.90 Å². The Kier molecular flexibility index (Phi) is 9.04. The molecule has 6 heavy (non-hydrogen) atoms. The van der Waals surface area contributed by atoms with Gasteiger partial charge < -0.3 is 14.2 Å². The molecule has 0 fully saturated rings. The van der Waals surface area contributed by atoms with Crippen LogP contribution in [-0.4, -0.2) is 6.16 Å². The first-order valence-corrected chi connectivity index (χ1v) is 1.08. The third-order valence-electron chi connectivity index (χ3n) is 0.0630. The van der Waals surface area contributed by atoms with Crippen LogP contribution in [0.4, 0.5) is 4.79 Å². The van der Waals surface area contributed by atoms with Crippen molar-refractivity contribution in [1.29, 1.82) is 0 Å². The molecule has 3 nitrogen and oxygen atoms in total. The molecular weight excluding hydrogens is 118 g/mol. The van der Waals surface area contributed by atoms with Gasteiger partial charge in [0, 0.05) is 11.9 Å². The Morgan fingerprint density at radius 1 is 1.83 bits per heavy atom. The zero-order valence-electron chi connectivity index (χ0n) is 3.10. The van der Waals surface area contributed by atoms with Crippen molar-refractivity contribution in [1.82, 2.24) is 0 Å². The van der Waals surface area contributed by atoms with Crippen LogP contribution in [0.1, 0.15) is 0 Å². The van der Waals surface area contributed by atoms with Gasteiger partial charge in [0.25, 0.3) is 6.16 Å². The Hall–Kier alpha value is 0.560. The molecule has 0 heterocycles. The topological polar surface area (TPSA) is 49.4 Å². The summed E-state index contributed by atoms with van der Waals surface area (Å²) in [5.41, 5.74) is 0. The summed E-state index contributed by atoms with van der Waals surface area (Å²) in [6.45, 7) is 0. The van der Waals surface area contributed by atoms with E-state index in [0.717, 1.165) is 0 Å². The average Bonchev–Trinajstić information content (AvgIpc) is 1.38. The van der Waals surface area contributed by atoms with Gasteiger partial charge in [-0.05, 0) is 0 Å². The van der Waals surface area contributed by atoms with Crippen LogP contribution >= 0.6 is 11.9 Å². The molecule has 0 aromatic carbocycles. The minimum Gasteiger partial charge on any atom is -0.446 e. The molecule has 0 radical (unpaired) electrons. The average molecular weight is 118 g/mol. The standard InChI is InChI=1S/CHClO3.Na/c2-5-1(3)4;/h(H,3,4);/q;+1/p-1. The normalized spacial score (nSPS) is 5.50. The Balaban J connectivity index is 0. The SMILES string of the molecule is O=C([O-])OCl.[Na+]. The molecule has 0 aliphatic rings. The molecule has 5 heteroatoms. The minimum absolute atomic E-state index is 0. The fourth-order valence-corrected chi connectivity index (χ4v) is 0. The molecule has 0 aliphatic carbocycles. The van der Waals surface area contributed by atoms with E-state index >= 15 is 0 Å². The fourth-order valence-electron chi connectivity index (χ4n) is 0. The maximum Gasteiger partial charge on any atom is 1.00 e. The van der Waals surface area contributed by atoms with Crippen LogP contribution in [0.2, 0.25) is 0 Å². The van der Waals surface area contributed by atoms with Crippen LogP contribution in [0, 0.1) is 0 Å². The van der Waals surface area contributed by atoms with Gasteiger partial charge in [-0.15, -0.1) is 0 Å². The van der Waals surface area contributed by atoms with Crippen molar-refractivity contribution in [2.75, 3.05) is 0 Å². The van der Waals surface area contributed by atoms with Crippen LogP contribution in [0.5, 0.6) is 0 Å². The summed E-state index contributed by atoms with van der Waals surface area (Å²) in [7, 11) is 0. The first kappa shape index (κ1) is 9.75. The van der Waals surface area contributed by atoms with Gasteiger partial charge in [-0.3, -0.25) is 0 Å². The molecule has 0 saturated heterocycles. The molecule has 0 amide bonds. The molecule has 30 valence electrons. The van der Waals surface area contributed by atoms with Crippen molar-refractivity contribution in [3.05, 3.63) is 0 Å². The first-order valence-electron chi connectivity index (χ1n) is 0.767. The number of rotatable bonds is 0. The maximum absolute atomic E-state index is 8.90. The molecule has 0 aliphatic heterocycles. The van der Waals surface area contributed by atoms with Gasteiger partial charge in [0.15, 0.2) is 0 Å². The summed E-state index contributed by atoms with van der Waals surface area (Å²) in [5.74, 6) is 0. The number of halogens is 1. The maximum atomic E-state index is 8.90. The quantitative estimate of drug-likeness (QED) is 0.310. The molecule has 0 N–H and O–H groups in total. The monoisotopic (exact) mass is 118 g/mol. The van der Waals surface area contributed by atoms with Crippen molar-refractivity contribution < 1.29 is 43.7 Å². The van der Waals surface area contributed by atoms with E-state index in [1.54, 1.807) is 0 Å². The van der Waals surface area contributed by atoms with Crippen LogP contribution < -0.4 is 34.7 Å². The Morgan fingerprint density at radius 3 is 2.00 bits per heavy atom. The molecule has 0 aromatic rings. The molecule has 0 aromatic heterocycles. The van der Waals surface area contributed by atoms with Crippen molar-refractivity contribution in [3.63, 3.8) is 0 Å². The Labute approximate surface area is 61.7 Å². The largest absolute Gasteiger partial charge is 1.00 e. The van der Waals surface area contributed by atoms with Crippen LogP contribution in [-0.2, 0) is 4.29 Å². The van der Waals surface area contributed by atoms with Gasteiger partial charge in [-0.2, -0.15) is 0 Å². The number of hydrogen-bond acceptors (Lipinski definition) is 3. The van der Waals surface area contributed by atoms with Gasteiger partial charge >= 0.3 is 29.6 Å². The molecular formula is CClNaO3. The number of carbonyl (C=O) groups excluding carboxylic acids is 1. The predicted octanol–water partition coefficient (Wildman–Crippen LogP) is -3.50. The van der Waals surface area contributed by atoms with E-state index in [-0.39, 0.29) is 29.6 Å². The first-order chi connectivity index (χ1) is 2.27. The zero-order valence-corrected chi connectivity index (χ0v) is 5.86. The second-order valence-electron chi connectivity index (χ2n) is 0.327. The molecule has 0 atom stereocenters. The summed E-state index contributed by atoms with van der Waals surface area (Å²) in [6, 6.07) is 0. The smallest absolute Gasteiger partial charge is 0.446 e. The summed E-state index contributed by atoms with van der Waals surface area (Å²) in [6.07, 6.45) is -1.73. The van der Waals surface area contributed by atoms with Crippen molar-refractivity contribution >= 4 is 18.0 Å². The van der Waals surface area contributed by atoms with E-state index in [0.29, 0.717) is 0 Å². The van der Waals surface area contributed by atoms with Crippen LogP contribution in [0.25, 0.3) is 0 Å². The van der Waals surface area contributed by atoms with E-state index in [1.165, 1.54) is 0 Å². The number of carbonyl (C=O) groups is 1. The summed E-state index contributed by atoms with van der Waals surface area (Å²) in [4.78, 5) is 8.90. The Bertz CT molecular complexity index is 46.1. The summed E-state index contributed by atoms with van der Waals surface area (Å²) < 4.78 is 3.03. The fraction of sp³-hybridized carbons (Fsp3) is 0. The van der Waals surface area contributed by atoms with E-state index in [1.807, 2.05) is 0 Å². The van der Waals surface area contributed by atoms with E-state index < -0.39 is 6.16 Å². The van der Waals surface area contributed by atoms with Crippen LogP contribution in [0.3, 0.4) is 0 Å². The predicted molar refractivity (Wildman–Crippen MR) is 12.3 cm³/mol. The molecule has 0 spiro atoms. The molecule has 0 bridgehead atoms. The summed E-state index contributed by atoms with van der Waals surface area (Å²) >= 11 is 4.17. The third kappa shape index (κ3) is 8.82. The number of carboxylic acid groups (broad SMARTS) is 1. The minimum atomic E-state index is -1.73. The van der Waals surface area contributed by atoms with Crippen molar-refractivity contribution in [3.8, 4) is 0 Å².